The molecule has 3 aromatic rings. The van der Waals surface area contributed by atoms with Crippen molar-refractivity contribution >= 4 is 0 Å². The molecule has 23 heavy (non-hydrogen) atoms. The summed E-state index contributed by atoms with van der Waals surface area (Å²) in [6, 6.07) is 23.9. The second-order valence-corrected chi connectivity index (χ2v) is 5.01. The van der Waals surface area contributed by atoms with Gasteiger partial charge in [0, 0.05) is 11.1 Å². The summed E-state index contributed by atoms with van der Waals surface area (Å²) in [5, 5.41) is 9.58. The zero-order valence-electron chi connectivity index (χ0n) is 12.9. The molecule has 0 unspecified atom stereocenters. The number of rotatable bonds is 4. The fraction of sp³-hybridized carbons (Fsp3) is 0.100. The maximum Gasteiger partial charge on any atom is 0.232 e. The zero-order chi connectivity index (χ0) is 16.1. The maximum absolute atomic E-state index is 9.58. The molecule has 1 heterocycles. The minimum absolute atomic E-state index is 0.384. The average molecular weight is 300 g/mol. The van der Waals surface area contributed by atoms with Gasteiger partial charge in [0.2, 0.25) is 5.88 Å². The van der Waals surface area contributed by atoms with Gasteiger partial charge < -0.3 is 4.74 Å². The van der Waals surface area contributed by atoms with Gasteiger partial charge in [-0.3, -0.25) is 0 Å². The van der Waals surface area contributed by atoms with E-state index in [-0.39, 0.29) is 0 Å². The summed E-state index contributed by atoms with van der Waals surface area (Å²) in [7, 11) is 0. The van der Waals surface area contributed by atoms with Crippen LogP contribution in [0.15, 0.2) is 66.7 Å². The monoisotopic (exact) mass is 300 g/mol. The van der Waals surface area contributed by atoms with Gasteiger partial charge in [-0.1, -0.05) is 60.7 Å². The molecule has 1 aromatic heterocycles. The van der Waals surface area contributed by atoms with E-state index >= 15 is 0 Å². The molecule has 3 rings (SSSR count). The van der Waals surface area contributed by atoms with Crippen LogP contribution in [-0.4, -0.2) is 11.6 Å². The van der Waals surface area contributed by atoms with Crippen LogP contribution in [0.4, 0.5) is 0 Å². The molecule has 0 saturated heterocycles. The lowest BCUT2D eigenvalue weighted by Gasteiger charge is -2.12. The van der Waals surface area contributed by atoms with E-state index < -0.39 is 0 Å². The Balaban J connectivity index is 2.25. The van der Waals surface area contributed by atoms with Crippen LogP contribution >= 0.6 is 0 Å². The first kappa shape index (κ1) is 14.8. The number of nitriles is 1. The van der Waals surface area contributed by atoms with Gasteiger partial charge in [-0.2, -0.15) is 5.26 Å². The lowest BCUT2D eigenvalue weighted by Crippen LogP contribution is -2.01. The first-order chi connectivity index (χ1) is 11.3. The second kappa shape index (κ2) is 6.76. The van der Waals surface area contributed by atoms with E-state index in [0.717, 1.165) is 22.4 Å². The summed E-state index contributed by atoms with van der Waals surface area (Å²) in [4.78, 5) is 4.54. The van der Waals surface area contributed by atoms with Crippen LogP contribution in [0.25, 0.3) is 22.4 Å². The molecule has 0 aliphatic rings. The highest BCUT2D eigenvalue weighted by molar-refractivity contribution is 5.77. The number of aromatic nitrogens is 1. The molecule has 0 fully saturated rings. The third-order valence-corrected chi connectivity index (χ3v) is 3.53. The van der Waals surface area contributed by atoms with Crippen molar-refractivity contribution in [1.82, 2.24) is 4.98 Å². The number of benzene rings is 2. The van der Waals surface area contributed by atoms with Crippen LogP contribution < -0.4 is 4.74 Å². The Morgan fingerprint density at radius 2 is 1.57 bits per heavy atom. The first-order valence-electron chi connectivity index (χ1n) is 7.52. The van der Waals surface area contributed by atoms with Crippen molar-refractivity contribution in [3.63, 3.8) is 0 Å². The molecule has 0 radical (unpaired) electrons. The van der Waals surface area contributed by atoms with Crippen LogP contribution in [0.1, 0.15) is 12.5 Å². The van der Waals surface area contributed by atoms with Gasteiger partial charge in [0.15, 0.2) is 0 Å². The highest BCUT2D eigenvalue weighted by atomic mass is 16.5. The summed E-state index contributed by atoms with van der Waals surface area (Å²) in [6.45, 7) is 2.36. The van der Waals surface area contributed by atoms with Gasteiger partial charge in [0.25, 0.3) is 0 Å². The van der Waals surface area contributed by atoms with Gasteiger partial charge in [0.1, 0.15) is 11.6 Å². The van der Waals surface area contributed by atoms with Crippen molar-refractivity contribution in [2.24, 2.45) is 0 Å². The molecule has 0 aliphatic heterocycles. The quantitative estimate of drug-likeness (QED) is 0.702. The third-order valence-electron chi connectivity index (χ3n) is 3.53. The van der Waals surface area contributed by atoms with Crippen LogP contribution in [0.2, 0.25) is 0 Å². The van der Waals surface area contributed by atoms with E-state index in [9.17, 15) is 5.26 Å². The van der Waals surface area contributed by atoms with Crippen molar-refractivity contribution in [2.45, 2.75) is 6.92 Å². The molecule has 2 aromatic carbocycles. The molecule has 0 aliphatic carbocycles. The van der Waals surface area contributed by atoms with E-state index in [4.69, 9.17) is 4.74 Å². The van der Waals surface area contributed by atoms with Gasteiger partial charge in [-0.05, 0) is 18.6 Å². The highest BCUT2D eigenvalue weighted by Gasteiger charge is 2.15. The maximum atomic E-state index is 9.58. The Morgan fingerprint density at radius 3 is 2.13 bits per heavy atom. The standard InChI is InChI=1S/C20H16N2O/c1-2-23-20-18(14-21)17(15-9-5-3-6-10-15)13-19(22-20)16-11-7-4-8-12-16/h3-13H,2H2,1H3. The molecule has 0 spiro atoms. The minimum Gasteiger partial charge on any atom is -0.477 e. The largest absolute Gasteiger partial charge is 0.477 e. The molecule has 3 nitrogen and oxygen atoms in total. The van der Waals surface area contributed by atoms with E-state index in [1.807, 2.05) is 73.7 Å². The molecular formula is C20H16N2O. The second-order valence-electron chi connectivity index (χ2n) is 5.01. The molecule has 0 N–H and O–H groups in total. The summed E-state index contributed by atoms with van der Waals surface area (Å²) in [5.74, 6) is 0.384. The molecule has 112 valence electrons. The predicted octanol–water partition coefficient (Wildman–Crippen LogP) is 4.69. The molecular weight excluding hydrogens is 284 g/mol. The normalized spacial score (nSPS) is 10.1. The van der Waals surface area contributed by atoms with Crippen molar-refractivity contribution in [3.8, 4) is 34.3 Å². The number of nitrogens with zero attached hydrogens (tertiary/aromatic N) is 2. The smallest absolute Gasteiger partial charge is 0.232 e. The van der Waals surface area contributed by atoms with Crippen LogP contribution in [0.5, 0.6) is 5.88 Å². The Labute approximate surface area is 135 Å². The fourth-order valence-electron chi connectivity index (χ4n) is 2.47. The minimum atomic E-state index is 0.384. The van der Waals surface area contributed by atoms with Gasteiger partial charge >= 0.3 is 0 Å². The van der Waals surface area contributed by atoms with E-state index in [2.05, 4.69) is 11.1 Å². The Kier molecular flexibility index (Phi) is 4.35. The first-order valence-corrected chi connectivity index (χ1v) is 7.52. The van der Waals surface area contributed by atoms with Gasteiger partial charge in [-0.25, -0.2) is 4.98 Å². The van der Waals surface area contributed by atoms with Crippen molar-refractivity contribution in [2.75, 3.05) is 6.61 Å². The Bertz CT molecular complexity index is 837. The van der Waals surface area contributed by atoms with Crippen LogP contribution in [0, 0.1) is 11.3 Å². The summed E-state index contributed by atoms with van der Waals surface area (Å²) in [6.07, 6.45) is 0. The van der Waals surface area contributed by atoms with Crippen molar-refractivity contribution < 1.29 is 4.74 Å². The van der Waals surface area contributed by atoms with E-state index in [0.29, 0.717) is 18.1 Å². The van der Waals surface area contributed by atoms with Crippen molar-refractivity contribution in [1.29, 1.82) is 5.26 Å². The van der Waals surface area contributed by atoms with Gasteiger partial charge in [-0.15, -0.1) is 0 Å². The third kappa shape index (κ3) is 3.07. The molecule has 3 heteroatoms. The molecule has 0 saturated carbocycles. The molecule has 0 bridgehead atoms. The highest BCUT2D eigenvalue weighted by Crippen LogP contribution is 2.33. The van der Waals surface area contributed by atoms with Crippen molar-refractivity contribution in [3.05, 3.63) is 72.3 Å². The van der Waals surface area contributed by atoms with E-state index in [1.54, 1.807) is 0 Å². The number of hydrogen-bond donors (Lipinski definition) is 0. The summed E-state index contributed by atoms with van der Waals surface area (Å²) in [5.41, 5.74) is 4.08. The average Bonchev–Trinajstić information content (AvgIpc) is 2.63. The van der Waals surface area contributed by atoms with Gasteiger partial charge in [0.05, 0.1) is 12.3 Å². The topological polar surface area (TPSA) is 45.9 Å². The SMILES string of the molecule is CCOc1nc(-c2ccccc2)cc(-c2ccccc2)c1C#N. The zero-order valence-corrected chi connectivity index (χ0v) is 12.9. The van der Waals surface area contributed by atoms with Crippen LogP contribution in [-0.2, 0) is 0 Å². The number of hydrogen-bond acceptors (Lipinski definition) is 3. The summed E-state index contributed by atoms with van der Waals surface area (Å²) < 4.78 is 5.62. The summed E-state index contributed by atoms with van der Waals surface area (Å²) >= 11 is 0. The fourth-order valence-corrected chi connectivity index (χ4v) is 2.47. The number of pyridine rings is 1. The van der Waals surface area contributed by atoms with E-state index in [1.165, 1.54) is 0 Å². The predicted molar refractivity (Wildman–Crippen MR) is 91.0 cm³/mol. The molecule has 0 atom stereocenters. The lowest BCUT2D eigenvalue weighted by molar-refractivity contribution is 0.326. The molecule has 0 amide bonds. The lowest BCUT2D eigenvalue weighted by atomic mass is 9.99. The Hall–Kier alpha value is -3.12. The van der Waals surface area contributed by atoms with Crippen LogP contribution in [0.3, 0.4) is 0 Å². The number of ether oxygens (including phenoxy) is 1. The Morgan fingerprint density at radius 1 is 0.957 bits per heavy atom.